The summed E-state index contributed by atoms with van der Waals surface area (Å²) < 4.78 is 54.1. The van der Waals surface area contributed by atoms with Crippen molar-refractivity contribution in [2.75, 3.05) is 18.0 Å². The minimum atomic E-state index is -3.76. The topological polar surface area (TPSA) is 66.5 Å². The van der Waals surface area contributed by atoms with Gasteiger partial charge >= 0.3 is 0 Å². The molecule has 2 rings (SSSR count). The number of carbonyl (C=O) groups excluding carboxylic acids is 1. The van der Waals surface area contributed by atoms with Gasteiger partial charge < -0.3 is 4.90 Å². The number of amides is 1. The van der Waals surface area contributed by atoms with Gasteiger partial charge in [0.25, 0.3) is 0 Å². The van der Waals surface area contributed by atoms with Crippen LogP contribution in [-0.4, -0.2) is 27.4 Å². The first kappa shape index (κ1) is 21.0. The van der Waals surface area contributed by atoms with Gasteiger partial charge in [0.2, 0.25) is 15.9 Å². The van der Waals surface area contributed by atoms with Gasteiger partial charge in [0.15, 0.2) is 0 Å². The summed E-state index contributed by atoms with van der Waals surface area (Å²) in [5, 5.41) is 0. The summed E-state index contributed by atoms with van der Waals surface area (Å²) in [5.74, 6) is -1.85. The van der Waals surface area contributed by atoms with E-state index in [4.69, 9.17) is 0 Å². The van der Waals surface area contributed by atoms with Gasteiger partial charge in [-0.1, -0.05) is 26.0 Å². The zero-order valence-corrected chi connectivity index (χ0v) is 16.2. The summed E-state index contributed by atoms with van der Waals surface area (Å²) in [5.41, 5.74) is 0.910. The molecule has 2 aromatic rings. The summed E-state index contributed by atoms with van der Waals surface area (Å²) in [6, 6.07) is 9.37. The third-order valence-corrected chi connectivity index (χ3v) is 5.54. The Bertz CT molecular complexity index is 913. The lowest BCUT2D eigenvalue weighted by atomic mass is 10.0. The van der Waals surface area contributed by atoms with E-state index >= 15 is 0 Å². The summed E-state index contributed by atoms with van der Waals surface area (Å²) in [6.07, 6.45) is 0. The van der Waals surface area contributed by atoms with Crippen LogP contribution in [-0.2, 0) is 14.8 Å². The van der Waals surface area contributed by atoms with Crippen LogP contribution >= 0.6 is 0 Å². The van der Waals surface area contributed by atoms with Crippen LogP contribution in [0, 0.1) is 11.6 Å². The van der Waals surface area contributed by atoms with E-state index in [9.17, 15) is 22.0 Å². The zero-order valence-electron chi connectivity index (χ0n) is 15.4. The molecule has 0 radical (unpaired) electrons. The molecular weight excluding hydrogens is 374 g/mol. The largest absolute Gasteiger partial charge is 0.309 e. The van der Waals surface area contributed by atoms with E-state index in [1.165, 1.54) is 19.1 Å². The van der Waals surface area contributed by atoms with Crippen LogP contribution in [0.4, 0.5) is 14.5 Å². The zero-order chi connectivity index (χ0) is 20.2. The Labute approximate surface area is 158 Å². The average Bonchev–Trinajstić information content (AvgIpc) is 2.59. The third kappa shape index (κ3) is 5.33. The highest BCUT2D eigenvalue weighted by Crippen LogP contribution is 2.20. The van der Waals surface area contributed by atoms with E-state index in [-0.39, 0.29) is 29.6 Å². The molecule has 1 N–H and O–H groups in total. The number of carbonyl (C=O) groups is 1. The minimum absolute atomic E-state index is 0.0960. The van der Waals surface area contributed by atoms with E-state index in [1.807, 2.05) is 13.8 Å². The van der Waals surface area contributed by atoms with Crippen LogP contribution in [0.15, 0.2) is 47.4 Å². The number of halogens is 2. The number of hydrogen-bond acceptors (Lipinski definition) is 3. The van der Waals surface area contributed by atoms with Crippen LogP contribution in [0.25, 0.3) is 0 Å². The number of sulfonamides is 1. The Morgan fingerprint density at radius 2 is 1.74 bits per heavy atom. The highest BCUT2D eigenvalue weighted by atomic mass is 32.2. The van der Waals surface area contributed by atoms with Crippen molar-refractivity contribution in [1.82, 2.24) is 4.72 Å². The lowest BCUT2D eigenvalue weighted by Crippen LogP contribution is -2.38. The smallest absolute Gasteiger partial charge is 0.240 e. The molecule has 8 heteroatoms. The van der Waals surface area contributed by atoms with E-state index in [0.717, 1.165) is 22.6 Å². The van der Waals surface area contributed by atoms with Gasteiger partial charge in [-0.3, -0.25) is 4.79 Å². The molecule has 5 nitrogen and oxygen atoms in total. The SMILES string of the molecule is CC(=O)N(CCNS(=O)(=O)c1ccc(C(C)C)cc1)c1ccc(F)cc1F. The summed E-state index contributed by atoms with van der Waals surface area (Å²) in [6.45, 7) is 5.02. The lowest BCUT2D eigenvalue weighted by Gasteiger charge is -2.22. The number of nitrogens with zero attached hydrogens (tertiary/aromatic N) is 1. The van der Waals surface area contributed by atoms with E-state index < -0.39 is 27.6 Å². The Morgan fingerprint density at radius 3 is 2.26 bits per heavy atom. The van der Waals surface area contributed by atoms with Crippen LogP contribution in [0.3, 0.4) is 0 Å². The first-order chi connectivity index (χ1) is 12.6. The Morgan fingerprint density at radius 1 is 1.11 bits per heavy atom. The second-order valence-electron chi connectivity index (χ2n) is 6.39. The maximum absolute atomic E-state index is 13.9. The van der Waals surface area contributed by atoms with Crippen molar-refractivity contribution in [2.24, 2.45) is 0 Å². The molecule has 27 heavy (non-hydrogen) atoms. The van der Waals surface area contributed by atoms with Crippen molar-refractivity contribution in [3.05, 3.63) is 59.7 Å². The van der Waals surface area contributed by atoms with E-state index in [1.54, 1.807) is 12.1 Å². The first-order valence-corrected chi connectivity index (χ1v) is 9.93. The second kappa shape index (κ2) is 8.58. The van der Waals surface area contributed by atoms with Crippen LogP contribution in [0.1, 0.15) is 32.3 Å². The van der Waals surface area contributed by atoms with Crippen molar-refractivity contribution in [2.45, 2.75) is 31.6 Å². The van der Waals surface area contributed by atoms with Crippen LogP contribution < -0.4 is 9.62 Å². The summed E-state index contributed by atoms with van der Waals surface area (Å²) in [4.78, 5) is 13.0. The van der Waals surface area contributed by atoms with Crippen molar-refractivity contribution >= 4 is 21.6 Å². The summed E-state index contributed by atoms with van der Waals surface area (Å²) in [7, 11) is -3.76. The lowest BCUT2D eigenvalue weighted by molar-refractivity contribution is -0.116. The maximum atomic E-state index is 13.9. The Hall–Kier alpha value is -2.32. The fraction of sp³-hybridized carbons (Fsp3) is 0.316. The van der Waals surface area contributed by atoms with Gasteiger partial charge in [0.05, 0.1) is 10.6 Å². The molecule has 0 atom stereocenters. The molecule has 0 aromatic heterocycles. The molecule has 146 valence electrons. The highest BCUT2D eigenvalue weighted by molar-refractivity contribution is 7.89. The van der Waals surface area contributed by atoms with Gasteiger partial charge in [-0.15, -0.1) is 0 Å². The number of nitrogens with one attached hydrogen (secondary N) is 1. The summed E-state index contributed by atoms with van der Waals surface area (Å²) >= 11 is 0. The molecule has 0 spiro atoms. The van der Waals surface area contributed by atoms with Crippen molar-refractivity contribution in [3.8, 4) is 0 Å². The van der Waals surface area contributed by atoms with Crippen molar-refractivity contribution in [1.29, 1.82) is 0 Å². The average molecular weight is 396 g/mol. The monoisotopic (exact) mass is 396 g/mol. The number of anilines is 1. The predicted molar refractivity (Wildman–Crippen MR) is 100 cm³/mol. The number of rotatable bonds is 7. The Balaban J connectivity index is 2.08. The molecule has 0 heterocycles. The fourth-order valence-electron chi connectivity index (χ4n) is 2.55. The quantitative estimate of drug-likeness (QED) is 0.780. The van der Waals surface area contributed by atoms with Crippen LogP contribution in [0.5, 0.6) is 0 Å². The van der Waals surface area contributed by atoms with Gasteiger partial charge in [-0.25, -0.2) is 21.9 Å². The molecule has 0 unspecified atom stereocenters. The normalized spacial score (nSPS) is 11.6. The van der Waals surface area contributed by atoms with Gasteiger partial charge in [-0.2, -0.15) is 0 Å². The molecule has 0 saturated heterocycles. The number of benzene rings is 2. The highest BCUT2D eigenvalue weighted by Gasteiger charge is 2.19. The molecule has 0 aliphatic heterocycles. The van der Waals surface area contributed by atoms with E-state index in [2.05, 4.69) is 4.72 Å². The van der Waals surface area contributed by atoms with Crippen molar-refractivity contribution < 1.29 is 22.0 Å². The molecular formula is C19H22F2N2O3S. The molecule has 0 fully saturated rings. The second-order valence-corrected chi connectivity index (χ2v) is 8.15. The first-order valence-electron chi connectivity index (χ1n) is 8.44. The molecule has 0 aliphatic carbocycles. The predicted octanol–water partition coefficient (Wildman–Crippen LogP) is 3.42. The molecule has 0 aliphatic rings. The Kier molecular flexibility index (Phi) is 6.67. The maximum Gasteiger partial charge on any atom is 0.240 e. The standard InChI is InChI=1S/C19H22F2N2O3S/c1-13(2)15-4-7-17(8-5-15)27(25,26)22-10-11-23(14(3)24)19-9-6-16(20)12-18(19)21/h4-9,12-13,22H,10-11H2,1-3H3. The molecule has 1 amide bonds. The third-order valence-electron chi connectivity index (χ3n) is 4.07. The van der Waals surface area contributed by atoms with Crippen LogP contribution in [0.2, 0.25) is 0 Å². The molecule has 2 aromatic carbocycles. The minimum Gasteiger partial charge on any atom is -0.309 e. The molecule has 0 saturated carbocycles. The van der Waals surface area contributed by atoms with Gasteiger partial charge in [-0.05, 0) is 35.7 Å². The fourth-order valence-corrected chi connectivity index (χ4v) is 3.58. The van der Waals surface area contributed by atoms with E-state index in [0.29, 0.717) is 6.07 Å². The number of hydrogen-bond donors (Lipinski definition) is 1. The molecule has 0 bridgehead atoms. The van der Waals surface area contributed by atoms with Gasteiger partial charge in [0, 0.05) is 26.1 Å². The van der Waals surface area contributed by atoms with Crippen molar-refractivity contribution in [3.63, 3.8) is 0 Å². The van der Waals surface area contributed by atoms with Gasteiger partial charge in [0.1, 0.15) is 11.6 Å².